The van der Waals surface area contributed by atoms with Crippen LogP contribution in [0.15, 0.2) is 72.8 Å². The van der Waals surface area contributed by atoms with E-state index in [1.807, 2.05) is 0 Å². The number of para-hydroxylation sites is 2. The molecule has 0 saturated heterocycles. The highest BCUT2D eigenvalue weighted by Crippen LogP contribution is 2.43. The molecule has 3 aromatic rings. The first kappa shape index (κ1) is 13.9. The van der Waals surface area contributed by atoms with Crippen molar-refractivity contribution in [3.8, 4) is 0 Å². The van der Waals surface area contributed by atoms with Crippen molar-refractivity contribution in [1.29, 1.82) is 0 Å². The first-order chi connectivity index (χ1) is 11.2. The monoisotopic (exact) mass is 300 g/mol. The molecule has 0 unspecified atom stereocenters. The van der Waals surface area contributed by atoms with Gasteiger partial charge in [0.05, 0.1) is 11.4 Å². The molecule has 0 amide bonds. The highest BCUT2D eigenvalue weighted by Gasteiger charge is 2.27. The molecule has 0 radical (unpaired) electrons. The van der Waals surface area contributed by atoms with Gasteiger partial charge in [-0.1, -0.05) is 47.5 Å². The lowest BCUT2D eigenvalue weighted by molar-refractivity contribution is 0.990. The maximum Gasteiger partial charge on any atom is 0.100 e. The lowest BCUT2D eigenvalue weighted by Crippen LogP contribution is -2.23. The molecule has 0 spiro atoms. The van der Waals surface area contributed by atoms with E-state index in [0.717, 1.165) is 6.67 Å². The summed E-state index contributed by atoms with van der Waals surface area (Å²) >= 11 is 0. The van der Waals surface area contributed by atoms with Gasteiger partial charge in [-0.2, -0.15) is 0 Å². The van der Waals surface area contributed by atoms with Gasteiger partial charge in [-0.05, 0) is 50.2 Å². The number of fused-ring (bicyclic) bond motifs is 1. The fourth-order valence-corrected chi connectivity index (χ4v) is 3.11. The summed E-state index contributed by atoms with van der Waals surface area (Å²) in [6.45, 7) is 5.09. The second-order valence-electron chi connectivity index (χ2n) is 6.16. The zero-order chi connectivity index (χ0) is 15.8. The van der Waals surface area contributed by atoms with Crippen molar-refractivity contribution in [3.63, 3.8) is 0 Å². The third-order valence-corrected chi connectivity index (χ3v) is 4.44. The average molecular weight is 300 g/mol. The number of nitrogens with zero attached hydrogens (tertiary/aromatic N) is 2. The first-order valence-corrected chi connectivity index (χ1v) is 8.00. The summed E-state index contributed by atoms with van der Waals surface area (Å²) in [5.41, 5.74) is 7.57. The Hall–Kier alpha value is -2.74. The molecule has 3 aromatic carbocycles. The summed E-state index contributed by atoms with van der Waals surface area (Å²) in [7, 11) is 0. The molecule has 0 aromatic heterocycles. The van der Waals surface area contributed by atoms with E-state index in [4.69, 9.17) is 0 Å². The van der Waals surface area contributed by atoms with E-state index in [0.29, 0.717) is 0 Å². The molecule has 2 heteroatoms. The second-order valence-corrected chi connectivity index (χ2v) is 6.16. The Bertz CT molecular complexity index is 749. The van der Waals surface area contributed by atoms with Crippen LogP contribution >= 0.6 is 0 Å². The molecule has 0 N–H and O–H groups in total. The number of anilines is 4. The Kier molecular flexibility index (Phi) is 3.30. The molecule has 0 bridgehead atoms. The maximum atomic E-state index is 2.37. The predicted octanol–water partition coefficient (Wildman–Crippen LogP) is 5.55. The smallest absolute Gasteiger partial charge is 0.100 e. The van der Waals surface area contributed by atoms with Crippen molar-refractivity contribution >= 4 is 22.7 Å². The van der Waals surface area contributed by atoms with E-state index in [2.05, 4.69) is 96.4 Å². The van der Waals surface area contributed by atoms with Gasteiger partial charge in [0.2, 0.25) is 0 Å². The summed E-state index contributed by atoms with van der Waals surface area (Å²) in [6.07, 6.45) is 0. The van der Waals surface area contributed by atoms with Crippen LogP contribution in [-0.4, -0.2) is 6.67 Å². The van der Waals surface area contributed by atoms with Crippen LogP contribution in [0, 0.1) is 13.8 Å². The lowest BCUT2D eigenvalue weighted by atomic mass is 10.2. The molecule has 0 aliphatic carbocycles. The first-order valence-electron chi connectivity index (χ1n) is 8.00. The third kappa shape index (κ3) is 2.46. The van der Waals surface area contributed by atoms with Gasteiger partial charge >= 0.3 is 0 Å². The standard InChI is InChI=1S/C21H20N2/c1-16-7-11-18(12-8-16)22-15-23(19-13-9-17(2)10-14-19)21-6-4-3-5-20(21)22/h3-14H,15H2,1-2H3. The van der Waals surface area contributed by atoms with Gasteiger partial charge in [-0.3, -0.25) is 0 Å². The third-order valence-electron chi connectivity index (χ3n) is 4.44. The van der Waals surface area contributed by atoms with Crippen LogP contribution in [0.2, 0.25) is 0 Å². The number of rotatable bonds is 2. The molecule has 0 fully saturated rings. The SMILES string of the molecule is Cc1ccc(N2CN(c3ccc(C)cc3)c3ccccc32)cc1. The molecular formula is C21H20N2. The predicted molar refractivity (Wildman–Crippen MR) is 97.9 cm³/mol. The Labute approximate surface area is 137 Å². The van der Waals surface area contributed by atoms with Crippen molar-refractivity contribution in [2.45, 2.75) is 13.8 Å². The largest absolute Gasteiger partial charge is 0.321 e. The van der Waals surface area contributed by atoms with Crippen molar-refractivity contribution in [3.05, 3.63) is 83.9 Å². The van der Waals surface area contributed by atoms with E-state index in [9.17, 15) is 0 Å². The maximum absolute atomic E-state index is 2.37. The van der Waals surface area contributed by atoms with Crippen LogP contribution in [-0.2, 0) is 0 Å². The molecule has 1 aliphatic rings. The number of aryl methyl sites for hydroxylation is 2. The molecule has 23 heavy (non-hydrogen) atoms. The van der Waals surface area contributed by atoms with Crippen molar-refractivity contribution in [2.24, 2.45) is 0 Å². The quantitative estimate of drug-likeness (QED) is 0.612. The Morgan fingerprint density at radius 1 is 0.565 bits per heavy atom. The van der Waals surface area contributed by atoms with E-state index < -0.39 is 0 Å². The fraction of sp³-hybridized carbons (Fsp3) is 0.143. The number of benzene rings is 3. The van der Waals surface area contributed by atoms with Gasteiger partial charge in [0.1, 0.15) is 6.67 Å². The Morgan fingerprint density at radius 2 is 0.957 bits per heavy atom. The van der Waals surface area contributed by atoms with Crippen LogP contribution in [0.5, 0.6) is 0 Å². The summed E-state index contributed by atoms with van der Waals surface area (Å²) in [5.74, 6) is 0. The zero-order valence-corrected chi connectivity index (χ0v) is 13.5. The molecule has 0 saturated carbocycles. The topological polar surface area (TPSA) is 6.48 Å². The molecule has 114 valence electrons. The minimum absolute atomic E-state index is 0.839. The van der Waals surface area contributed by atoms with E-state index >= 15 is 0 Å². The summed E-state index contributed by atoms with van der Waals surface area (Å²) < 4.78 is 0. The number of hydrogen-bond donors (Lipinski definition) is 0. The van der Waals surface area contributed by atoms with E-state index in [1.165, 1.54) is 33.9 Å². The minimum Gasteiger partial charge on any atom is -0.321 e. The summed E-state index contributed by atoms with van der Waals surface area (Å²) in [4.78, 5) is 4.74. The summed E-state index contributed by atoms with van der Waals surface area (Å²) in [5, 5.41) is 0. The highest BCUT2D eigenvalue weighted by atomic mass is 15.4. The Balaban J connectivity index is 1.77. The molecular weight excluding hydrogens is 280 g/mol. The van der Waals surface area contributed by atoms with Gasteiger partial charge in [0.15, 0.2) is 0 Å². The minimum atomic E-state index is 0.839. The normalized spacial score (nSPS) is 13.3. The van der Waals surface area contributed by atoms with Gasteiger partial charge in [0.25, 0.3) is 0 Å². The zero-order valence-electron chi connectivity index (χ0n) is 13.5. The van der Waals surface area contributed by atoms with Crippen LogP contribution < -0.4 is 9.80 Å². The van der Waals surface area contributed by atoms with Gasteiger partial charge in [0, 0.05) is 11.4 Å². The molecule has 1 aliphatic heterocycles. The average Bonchev–Trinajstić information content (AvgIpc) is 2.96. The fourth-order valence-electron chi connectivity index (χ4n) is 3.11. The second kappa shape index (κ2) is 5.47. The van der Waals surface area contributed by atoms with Crippen LogP contribution in [0.4, 0.5) is 22.7 Å². The van der Waals surface area contributed by atoms with Crippen LogP contribution in [0.3, 0.4) is 0 Å². The lowest BCUT2D eigenvalue weighted by Gasteiger charge is -2.22. The molecule has 4 rings (SSSR count). The summed E-state index contributed by atoms with van der Waals surface area (Å²) in [6, 6.07) is 26.1. The van der Waals surface area contributed by atoms with Gasteiger partial charge < -0.3 is 9.80 Å². The Morgan fingerprint density at radius 3 is 1.35 bits per heavy atom. The van der Waals surface area contributed by atoms with Crippen molar-refractivity contribution in [1.82, 2.24) is 0 Å². The van der Waals surface area contributed by atoms with Gasteiger partial charge in [-0.25, -0.2) is 0 Å². The highest BCUT2D eigenvalue weighted by molar-refractivity contribution is 5.86. The van der Waals surface area contributed by atoms with E-state index in [-0.39, 0.29) is 0 Å². The molecule has 0 atom stereocenters. The van der Waals surface area contributed by atoms with Gasteiger partial charge in [-0.15, -0.1) is 0 Å². The van der Waals surface area contributed by atoms with Crippen molar-refractivity contribution < 1.29 is 0 Å². The molecule has 2 nitrogen and oxygen atoms in total. The van der Waals surface area contributed by atoms with Crippen LogP contribution in [0.1, 0.15) is 11.1 Å². The van der Waals surface area contributed by atoms with Crippen LogP contribution in [0.25, 0.3) is 0 Å². The van der Waals surface area contributed by atoms with E-state index in [1.54, 1.807) is 0 Å². The number of hydrogen-bond acceptors (Lipinski definition) is 2. The molecule has 1 heterocycles. The van der Waals surface area contributed by atoms with Crippen molar-refractivity contribution in [2.75, 3.05) is 16.5 Å².